The van der Waals surface area contributed by atoms with E-state index in [4.69, 9.17) is 4.74 Å². The number of carboxylic acid groups (broad SMARTS) is 1. The zero-order valence-corrected chi connectivity index (χ0v) is 12.1. The predicted molar refractivity (Wildman–Crippen MR) is 76.6 cm³/mol. The van der Waals surface area contributed by atoms with Gasteiger partial charge in [0.15, 0.2) is 5.41 Å². The first-order valence-electron chi connectivity index (χ1n) is 6.46. The summed E-state index contributed by atoms with van der Waals surface area (Å²) >= 11 is 0. The fraction of sp³-hybridized carbons (Fsp3) is 0.375. The average Bonchev–Trinajstić information content (AvgIpc) is 2.36. The molecule has 0 aliphatic rings. The highest BCUT2D eigenvalue weighted by Crippen LogP contribution is 2.33. The van der Waals surface area contributed by atoms with Crippen LogP contribution in [0.15, 0.2) is 36.4 Å². The topological polar surface area (TPSA) is 63.6 Å². The Balaban J connectivity index is 3.43. The maximum absolute atomic E-state index is 12.3. The molecule has 1 rings (SSSR count). The first kappa shape index (κ1) is 16.0. The molecule has 1 N–H and O–H groups in total. The van der Waals surface area contributed by atoms with E-state index in [0.717, 1.165) is 5.56 Å². The molecule has 0 spiro atoms. The van der Waals surface area contributed by atoms with E-state index in [1.165, 1.54) is 0 Å². The Morgan fingerprint density at radius 2 is 1.85 bits per heavy atom. The zero-order valence-electron chi connectivity index (χ0n) is 12.1. The van der Waals surface area contributed by atoms with Gasteiger partial charge in [-0.05, 0) is 32.8 Å². The van der Waals surface area contributed by atoms with Crippen LogP contribution < -0.4 is 0 Å². The van der Waals surface area contributed by atoms with E-state index in [1.807, 2.05) is 6.92 Å². The Hall–Kier alpha value is -2.10. The molecule has 0 aliphatic heterocycles. The SMILES string of the molecule is C=C(C)CC(C(=O)O)(C(=O)OCC)c1ccc(C)cc1. The van der Waals surface area contributed by atoms with E-state index < -0.39 is 17.4 Å². The summed E-state index contributed by atoms with van der Waals surface area (Å²) in [6, 6.07) is 6.88. The van der Waals surface area contributed by atoms with Crippen molar-refractivity contribution >= 4 is 11.9 Å². The van der Waals surface area contributed by atoms with Gasteiger partial charge in [0.05, 0.1) is 6.61 Å². The lowest BCUT2D eigenvalue weighted by molar-refractivity contribution is -0.161. The fourth-order valence-corrected chi connectivity index (χ4v) is 2.12. The van der Waals surface area contributed by atoms with Gasteiger partial charge in [0.25, 0.3) is 0 Å². The number of carboxylic acids is 1. The average molecular weight is 276 g/mol. The Labute approximate surface area is 119 Å². The van der Waals surface area contributed by atoms with Gasteiger partial charge in [-0.15, -0.1) is 6.58 Å². The van der Waals surface area contributed by atoms with Crippen LogP contribution in [0.3, 0.4) is 0 Å². The first-order valence-corrected chi connectivity index (χ1v) is 6.46. The smallest absolute Gasteiger partial charge is 0.328 e. The first-order chi connectivity index (χ1) is 9.34. The molecule has 0 aromatic heterocycles. The molecule has 1 atom stereocenters. The van der Waals surface area contributed by atoms with E-state index in [9.17, 15) is 14.7 Å². The van der Waals surface area contributed by atoms with Gasteiger partial charge in [-0.2, -0.15) is 0 Å². The molecule has 0 aliphatic carbocycles. The molecule has 0 bridgehead atoms. The number of benzene rings is 1. The van der Waals surface area contributed by atoms with Crippen LogP contribution in [-0.4, -0.2) is 23.7 Å². The Morgan fingerprint density at radius 3 is 2.25 bits per heavy atom. The molecule has 0 saturated heterocycles. The standard InChI is InChI=1S/C16H20O4/c1-5-20-15(19)16(14(17)18,10-11(2)3)13-8-6-12(4)7-9-13/h6-9H,2,5,10H2,1,3-4H3,(H,17,18). The number of carbonyl (C=O) groups excluding carboxylic acids is 1. The summed E-state index contributed by atoms with van der Waals surface area (Å²) in [6.07, 6.45) is 0.0181. The quantitative estimate of drug-likeness (QED) is 0.493. The Kier molecular flexibility index (Phi) is 5.08. The van der Waals surface area contributed by atoms with Crippen molar-refractivity contribution in [2.45, 2.75) is 32.6 Å². The highest BCUT2D eigenvalue weighted by molar-refractivity contribution is 6.05. The van der Waals surface area contributed by atoms with Crippen LogP contribution in [0.1, 0.15) is 31.4 Å². The lowest BCUT2D eigenvalue weighted by atomic mass is 9.75. The predicted octanol–water partition coefficient (Wildman–Crippen LogP) is 2.85. The Bertz CT molecular complexity index is 516. The number of hydrogen-bond donors (Lipinski definition) is 1. The molecule has 4 heteroatoms. The number of aryl methyl sites for hydroxylation is 1. The van der Waals surface area contributed by atoms with Crippen molar-refractivity contribution in [2.75, 3.05) is 6.61 Å². The number of ether oxygens (including phenoxy) is 1. The summed E-state index contributed by atoms with van der Waals surface area (Å²) in [5.74, 6) is -1.97. The van der Waals surface area contributed by atoms with Crippen molar-refractivity contribution in [3.63, 3.8) is 0 Å². The molecule has 20 heavy (non-hydrogen) atoms. The van der Waals surface area contributed by atoms with E-state index in [2.05, 4.69) is 6.58 Å². The summed E-state index contributed by atoms with van der Waals surface area (Å²) in [7, 11) is 0. The third kappa shape index (κ3) is 3.07. The monoisotopic (exact) mass is 276 g/mol. The van der Waals surface area contributed by atoms with E-state index in [-0.39, 0.29) is 13.0 Å². The third-order valence-corrected chi connectivity index (χ3v) is 3.10. The lowest BCUT2D eigenvalue weighted by Crippen LogP contribution is -2.45. The van der Waals surface area contributed by atoms with Gasteiger partial charge >= 0.3 is 11.9 Å². The van der Waals surface area contributed by atoms with Gasteiger partial charge in [0.1, 0.15) is 0 Å². The van der Waals surface area contributed by atoms with E-state index in [0.29, 0.717) is 11.1 Å². The lowest BCUT2D eigenvalue weighted by Gasteiger charge is -2.28. The van der Waals surface area contributed by atoms with Crippen molar-refractivity contribution in [2.24, 2.45) is 0 Å². The number of hydrogen-bond acceptors (Lipinski definition) is 3. The molecule has 0 heterocycles. The summed E-state index contributed by atoms with van der Waals surface area (Å²) in [6.45, 7) is 9.12. The normalized spacial score (nSPS) is 13.3. The number of esters is 1. The van der Waals surface area contributed by atoms with Crippen LogP contribution in [-0.2, 0) is 19.7 Å². The minimum atomic E-state index is -1.73. The van der Waals surface area contributed by atoms with Crippen molar-refractivity contribution in [3.8, 4) is 0 Å². The highest BCUT2D eigenvalue weighted by atomic mass is 16.5. The molecular formula is C16H20O4. The second-order valence-corrected chi connectivity index (χ2v) is 4.93. The maximum Gasteiger partial charge on any atom is 0.328 e. The summed E-state index contributed by atoms with van der Waals surface area (Å²) in [4.78, 5) is 24.1. The van der Waals surface area contributed by atoms with Gasteiger partial charge < -0.3 is 9.84 Å². The van der Waals surface area contributed by atoms with Gasteiger partial charge in [0.2, 0.25) is 0 Å². The van der Waals surface area contributed by atoms with Crippen LogP contribution in [0.4, 0.5) is 0 Å². The van der Waals surface area contributed by atoms with Crippen molar-refractivity contribution in [1.29, 1.82) is 0 Å². The highest BCUT2D eigenvalue weighted by Gasteiger charge is 2.49. The largest absolute Gasteiger partial charge is 0.480 e. The zero-order chi connectivity index (χ0) is 15.3. The van der Waals surface area contributed by atoms with Crippen molar-refractivity contribution in [3.05, 3.63) is 47.5 Å². The van der Waals surface area contributed by atoms with Crippen LogP contribution in [0, 0.1) is 6.92 Å². The second-order valence-electron chi connectivity index (χ2n) is 4.93. The molecule has 1 unspecified atom stereocenters. The van der Waals surface area contributed by atoms with Gasteiger partial charge in [-0.1, -0.05) is 35.4 Å². The van der Waals surface area contributed by atoms with Crippen molar-refractivity contribution < 1.29 is 19.4 Å². The van der Waals surface area contributed by atoms with E-state index >= 15 is 0 Å². The van der Waals surface area contributed by atoms with E-state index in [1.54, 1.807) is 38.1 Å². The number of allylic oxidation sites excluding steroid dienone is 1. The van der Waals surface area contributed by atoms with Gasteiger partial charge in [0, 0.05) is 0 Å². The minimum Gasteiger partial charge on any atom is -0.480 e. The third-order valence-electron chi connectivity index (χ3n) is 3.10. The van der Waals surface area contributed by atoms with Crippen LogP contribution in [0.25, 0.3) is 0 Å². The van der Waals surface area contributed by atoms with Gasteiger partial charge in [-0.3, -0.25) is 9.59 Å². The summed E-state index contributed by atoms with van der Waals surface area (Å²) < 4.78 is 4.99. The fourth-order valence-electron chi connectivity index (χ4n) is 2.12. The number of carbonyl (C=O) groups is 2. The Morgan fingerprint density at radius 1 is 1.30 bits per heavy atom. The maximum atomic E-state index is 12.3. The van der Waals surface area contributed by atoms with Crippen molar-refractivity contribution in [1.82, 2.24) is 0 Å². The van der Waals surface area contributed by atoms with Crippen LogP contribution in [0.2, 0.25) is 0 Å². The number of rotatable bonds is 6. The summed E-state index contributed by atoms with van der Waals surface area (Å²) in [5, 5.41) is 9.65. The molecule has 0 fully saturated rings. The molecule has 1 aromatic rings. The summed E-state index contributed by atoms with van der Waals surface area (Å²) in [5.41, 5.74) is 0.292. The minimum absolute atomic E-state index is 0.0181. The molecule has 0 saturated carbocycles. The molecular weight excluding hydrogens is 256 g/mol. The molecule has 108 valence electrons. The molecule has 0 radical (unpaired) electrons. The second kappa shape index (κ2) is 6.37. The van der Waals surface area contributed by atoms with Crippen LogP contribution in [0.5, 0.6) is 0 Å². The molecule has 4 nitrogen and oxygen atoms in total. The van der Waals surface area contributed by atoms with Crippen LogP contribution >= 0.6 is 0 Å². The molecule has 0 amide bonds. The molecule has 1 aromatic carbocycles. The number of aliphatic carboxylic acids is 1. The van der Waals surface area contributed by atoms with Gasteiger partial charge in [-0.25, -0.2) is 0 Å².